The molecule has 1 fully saturated rings. The Kier molecular flexibility index (Phi) is 4.33. The van der Waals surface area contributed by atoms with Crippen LogP contribution in [0, 0.1) is 0 Å². The largest absolute Gasteiger partial charge is 0.391 e. The van der Waals surface area contributed by atoms with Gasteiger partial charge in [0.2, 0.25) is 5.91 Å². The molecule has 0 aliphatic carbocycles. The molecule has 2 atom stereocenters. The maximum atomic E-state index is 12.0. The zero-order valence-corrected chi connectivity index (χ0v) is 10.5. The number of rotatable bonds is 4. The molecule has 0 unspecified atom stereocenters. The number of aliphatic hydroxyl groups is 1. The van der Waals surface area contributed by atoms with Crippen LogP contribution in [0.4, 0.5) is 0 Å². The van der Waals surface area contributed by atoms with E-state index in [1.165, 1.54) is 5.56 Å². The summed E-state index contributed by atoms with van der Waals surface area (Å²) in [4.78, 5) is 13.7. The van der Waals surface area contributed by atoms with E-state index in [1.807, 2.05) is 30.3 Å². The van der Waals surface area contributed by atoms with E-state index in [4.69, 9.17) is 5.73 Å². The van der Waals surface area contributed by atoms with E-state index in [0.29, 0.717) is 25.9 Å². The van der Waals surface area contributed by atoms with Crippen molar-refractivity contribution in [1.29, 1.82) is 0 Å². The van der Waals surface area contributed by atoms with E-state index in [0.717, 1.165) is 6.42 Å². The van der Waals surface area contributed by atoms with Crippen LogP contribution in [0.3, 0.4) is 0 Å². The van der Waals surface area contributed by atoms with Gasteiger partial charge < -0.3 is 15.7 Å². The number of hydrogen-bond acceptors (Lipinski definition) is 3. The van der Waals surface area contributed by atoms with Gasteiger partial charge in [0.25, 0.3) is 0 Å². The lowest BCUT2D eigenvalue weighted by Gasteiger charge is -2.20. The average Bonchev–Trinajstić information content (AvgIpc) is 2.83. The summed E-state index contributed by atoms with van der Waals surface area (Å²) in [5.74, 6) is -0.0394. The fourth-order valence-corrected chi connectivity index (χ4v) is 2.27. The number of aryl methyl sites for hydroxylation is 1. The summed E-state index contributed by atoms with van der Waals surface area (Å²) in [6, 6.07) is 9.56. The summed E-state index contributed by atoms with van der Waals surface area (Å²) in [6.07, 6.45) is 1.74. The van der Waals surface area contributed by atoms with Crippen LogP contribution in [0.1, 0.15) is 18.4 Å². The zero-order chi connectivity index (χ0) is 13.0. The minimum Gasteiger partial charge on any atom is -0.391 e. The van der Waals surface area contributed by atoms with E-state index < -0.39 is 6.04 Å². The monoisotopic (exact) mass is 248 g/mol. The number of hydrogen-bond donors (Lipinski definition) is 2. The summed E-state index contributed by atoms with van der Waals surface area (Å²) in [6.45, 7) is 1.05. The zero-order valence-electron chi connectivity index (χ0n) is 10.5. The Bertz CT molecular complexity index is 394. The van der Waals surface area contributed by atoms with E-state index in [-0.39, 0.29) is 12.0 Å². The number of β-amino-alcohol motifs (C(OH)–C–C–N with tert-alkyl or cyclic N) is 1. The van der Waals surface area contributed by atoms with Crippen LogP contribution in [-0.2, 0) is 11.2 Å². The van der Waals surface area contributed by atoms with Gasteiger partial charge in [-0.2, -0.15) is 0 Å². The second kappa shape index (κ2) is 5.98. The fraction of sp³-hybridized carbons (Fsp3) is 0.500. The van der Waals surface area contributed by atoms with Gasteiger partial charge in [-0.05, 0) is 24.8 Å². The Morgan fingerprint density at radius 2 is 2.17 bits per heavy atom. The molecule has 4 nitrogen and oxygen atoms in total. The minimum atomic E-state index is -0.462. The number of carbonyl (C=O) groups excluding carboxylic acids is 1. The number of nitrogens with zero attached hydrogens (tertiary/aromatic N) is 1. The SMILES string of the molecule is N[C@@H](CCc1ccccc1)C(=O)N1CC[C@H](O)C1. The number of carbonyl (C=O) groups is 1. The normalized spacial score (nSPS) is 21.0. The number of benzene rings is 1. The molecule has 1 aromatic carbocycles. The summed E-state index contributed by atoms with van der Waals surface area (Å²) in [5.41, 5.74) is 7.11. The molecule has 1 aliphatic heterocycles. The molecule has 0 aromatic heterocycles. The first kappa shape index (κ1) is 13.1. The lowest BCUT2D eigenvalue weighted by Crippen LogP contribution is -2.43. The quantitative estimate of drug-likeness (QED) is 0.817. The molecule has 18 heavy (non-hydrogen) atoms. The summed E-state index contributed by atoms with van der Waals surface area (Å²) in [5, 5.41) is 9.40. The molecule has 1 amide bonds. The third-order valence-electron chi connectivity index (χ3n) is 3.38. The Morgan fingerprint density at radius 3 is 2.78 bits per heavy atom. The van der Waals surface area contributed by atoms with Gasteiger partial charge in [-0.25, -0.2) is 0 Å². The van der Waals surface area contributed by atoms with Gasteiger partial charge >= 0.3 is 0 Å². The molecule has 1 heterocycles. The number of likely N-dealkylation sites (tertiary alicyclic amines) is 1. The molecular weight excluding hydrogens is 228 g/mol. The van der Waals surface area contributed by atoms with Crippen LogP contribution in [0.5, 0.6) is 0 Å². The summed E-state index contributed by atoms with van der Waals surface area (Å²) < 4.78 is 0. The smallest absolute Gasteiger partial charge is 0.239 e. The highest BCUT2D eigenvalue weighted by molar-refractivity contribution is 5.81. The molecule has 1 aliphatic rings. The maximum absolute atomic E-state index is 12.0. The van der Waals surface area contributed by atoms with Gasteiger partial charge in [0.1, 0.15) is 0 Å². The second-order valence-corrected chi connectivity index (χ2v) is 4.86. The van der Waals surface area contributed by atoms with Crippen molar-refractivity contribution in [1.82, 2.24) is 4.90 Å². The van der Waals surface area contributed by atoms with E-state index in [1.54, 1.807) is 4.90 Å². The van der Waals surface area contributed by atoms with E-state index in [9.17, 15) is 9.90 Å². The van der Waals surface area contributed by atoms with Gasteiger partial charge in [0, 0.05) is 13.1 Å². The van der Waals surface area contributed by atoms with Crippen molar-refractivity contribution in [2.24, 2.45) is 5.73 Å². The molecule has 0 spiro atoms. The van der Waals surface area contributed by atoms with Crippen LogP contribution in [-0.4, -0.2) is 41.1 Å². The Morgan fingerprint density at radius 1 is 1.44 bits per heavy atom. The van der Waals surface area contributed by atoms with Gasteiger partial charge in [-0.3, -0.25) is 4.79 Å². The van der Waals surface area contributed by atoms with Crippen LogP contribution in [0.2, 0.25) is 0 Å². The van der Waals surface area contributed by atoms with Crippen molar-refractivity contribution in [3.63, 3.8) is 0 Å². The van der Waals surface area contributed by atoms with E-state index in [2.05, 4.69) is 0 Å². The maximum Gasteiger partial charge on any atom is 0.239 e. The molecule has 0 radical (unpaired) electrons. The minimum absolute atomic E-state index is 0.0394. The first-order valence-corrected chi connectivity index (χ1v) is 6.43. The molecule has 3 N–H and O–H groups in total. The summed E-state index contributed by atoms with van der Waals surface area (Å²) in [7, 11) is 0. The van der Waals surface area contributed by atoms with Crippen LogP contribution in [0.15, 0.2) is 30.3 Å². The van der Waals surface area contributed by atoms with Crippen molar-refractivity contribution < 1.29 is 9.90 Å². The van der Waals surface area contributed by atoms with Crippen LogP contribution in [0.25, 0.3) is 0 Å². The van der Waals surface area contributed by atoms with Gasteiger partial charge in [-0.1, -0.05) is 30.3 Å². The molecule has 0 bridgehead atoms. The number of amides is 1. The second-order valence-electron chi connectivity index (χ2n) is 4.86. The third-order valence-corrected chi connectivity index (χ3v) is 3.38. The first-order valence-electron chi connectivity index (χ1n) is 6.43. The molecule has 1 saturated heterocycles. The van der Waals surface area contributed by atoms with Crippen LogP contribution < -0.4 is 5.73 Å². The molecule has 98 valence electrons. The first-order chi connectivity index (χ1) is 8.66. The van der Waals surface area contributed by atoms with Crippen molar-refractivity contribution in [3.05, 3.63) is 35.9 Å². The number of nitrogens with two attached hydrogens (primary N) is 1. The lowest BCUT2D eigenvalue weighted by atomic mass is 10.1. The molecular formula is C14H20N2O2. The van der Waals surface area contributed by atoms with Crippen LogP contribution >= 0.6 is 0 Å². The highest BCUT2D eigenvalue weighted by atomic mass is 16.3. The van der Waals surface area contributed by atoms with Crippen molar-refractivity contribution in [2.45, 2.75) is 31.4 Å². The average molecular weight is 248 g/mol. The predicted molar refractivity (Wildman–Crippen MR) is 69.9 cm³/mol. The highest BCUT2D eigenvalue weighted by Gasteiger charge is 2.27. The highest BCUT2D eigenvalue weighted by Crippen LogP contribution is 2.12. The Hall–Kier alpha value is -1.39. The Balaban J connectivity index is 1.81. The molecule has 4 heteroatoms. The molecule has 1 aromatic rings. The molecule has 2 rings (SSSR count). The van der Waals surface area contributed by atoms with E-state index >= 15 is 0 Å². The predicted octanol–water partition coefficient (Wildman–Crippen LogP) is 0.540. The van der Waals surface area contributed by atoms with Gasteiger partial charge in [-0.15, -0.1) is 0 Å². The van der Waals surface area contributed by atoms with Crippen molar-refractivity contribution in [3.8, 4) is 0 Å². The van der Waals surface area contributed by atoms with Crippen molar-refractivity contribution in [2.75, 3.05) is 13.1 Å². The van der Waals surface area contributed by atoms with Gasteiger partial charge in [0.15, 0.2) is 0 Å². The summed E-state index contributed by atoms with van der Waals surface area (Å²) >= 11 is 0. The van der Waals surface area contributed by atoms with Crippen molar-refractivity contribution >= 4 is 5.91 Å². The fourth-order valence-electron chi connectivity index (χ4n) is 2.27. The lowest BCUT2D eigenvalue weighted by molar-refractivity contribution is -0.132. The topological polar surface area (TPSA) is 66.6 Å². The number of aliphatic hydroxyl groups excluding tert-OH is 1. The Labute approximate surface area is 107 Å². The third kappa shape index (κ3) is 3.31. The standard InChI is InChI=1S/C14H20N2O2/c15-13(7-6-11-4-2-1-3-5-11)14(18)16-9-8-12(17)10-16/h1-5,12-13,17H,6-10,15H2/t12-,13-/m0/s1. The molecule has 0 saturated carbocycles. The van der Waals surface area contributed by atoms with Gasteiger partial charge in [0.05, 0.1) is 12.1 Å².